The van der Waals surface area contributed by atoms with E-state index < -0.39 is 0 Å². The van der Waals surface area contributed by atoms with E-state index in [0.717, 1.165) is 25.1 Å². The standard InChI is InChI=1S/C17H22N4O2/c1-12(2)17-19-15(23-20-17)8-9-16(22)21-11-5-7-14(21)13-6-3-4-10-18-13/h3-4,6,10,12,14H,5,7-9,11H2,1-2H3/t14-/m0/s1. The molecule has 1 saturated heterocycles. The number of hydrogen-bond acceptors (Lipinski definition) is 5. The van der Waals surface area contributed by atoms with Crippen LogP contribution in [0.1, 0.15) is 62.5 Å². The third-order valence-corrected chi connectivity index (χ3v) is 4.16. The Bertz CT molecular complexity index is 654. The Hall–Kier alpha value is -2.24. The molecule has 6 heteroatoms. The maximum Gasteiger partial charge on any atom is 0.227 e. The molecular formula is C17H22N4O2. The molecule has 0 bridgehead atoms. The zero-order valence-corrected chi connectivity index (χ0v) is 13.6. The molecule has 0 radical (unpaired) electrons. The zero-order valence-electron chi connectivity index (χ0n) is 13.6. The number of nitrogens with zero attached hydrogens (tertiary/aromatic N) is 4. The highest BCUT2D eigenvalue weighted by atomic mass is 16.5. The Labute approximate surface area is 135 Å². The summed E-state index contributed by atoms with van der Waals surface area (Å²) in [5.74, 6) is 1.59. The molecule has 1 amide bonds. The Kier molecular flexibility index (Phi) is 4.69. The molecule has 1 atom stereocenters. The molecule has 0 spiro atoms. The third kappa shape index (κ3) is 3.57. The first-order chi connectivity index (χ1) is 11.1. The summed E-state index contributed by atoms with van der Waals surface area (Å²) in [4.78, 5) is 23.2. The van der Waals surface area contributed by atoms with Gasteiger partial charge in [0.25, 0.3) is 0 Å². The van der Waals surface area contributed by atoms with Crippen molar-refractivity contribution >= 4 is 5.91 Å². The quantitative estimate of drug-likeness (QED) is 0.848. The second-order valence-corrected chi connectivity index (χ2v) is 6.20. The fourth-order valence-corrected chi connectivity index (χ4v) is 2.91. The predicted octanol–water partition coefficient (Wildman–Crippen LogP) is 2.88. The van der Waals surface area contributed by atoms with Gasteiger partial charge in [0.15, 0.2) is 5.82 Å². The summed E-state index contributed by atoms with van der Waals surface area (Å²) in [5.41, 5.74) is 0.971. The van der Waals surface area contributed by atoms with Gasteiger partial charge >= 0.3 is 0 Å². The SMILES string of the molecule is CC(C)c1noc(CCC(=O)N2CCC[C@H]2c2ccccn2)n1. The molecule has 3 heterocycles. The minimum absolute atomic E-state index is 0.0950. The molecule has 0 aromatic carbocycles. The first-order valence-corrected chi connectivity index (χ1v) is 8.18. The van der Waals surface area contributed by atoms with Crippen LogP contribution in [0.3, 0.4) is 0 Å². The van der Waals surface area contributed by atoms with E-state index in [2.05, 4.69) is 15.1 Å². The van der Waals surface area contributed by atoms with Gasteiger partial charge in [0, 0.05) is 31.5 Å². The van der Waals surface area contributed by atoms with Crippen molar-refractivity contribution in [2.75, 3.05) is 6.54 Å². The highest BCUT2D eigenvalue weighted by molar-refractivity contribution is 5.77. The monoisotopic (exact) mass is 314 g/mol. The van der Waals surface area contributed by atoms with Crippen LogP contribution < -0.4 is 0 Å². The summed E-state index contributed by atoms with van der Waals surface area (Å²) in [6.07, 6.45) is 4.65. The molecular weight excluding hydrogens is 292 g/mol. The minimum Gasteiger partial charge on any atom is -0.339 e. The van der Waals surface area contributed by atoms with Gasteiger partial charge in [-0.05, 0) is 25.0 Å². The molecule has 2 aromatic heterocycles. The number of hydrogen-bond donors (Lipinski definition) is 0. The topological polar surface area (TPSA) is 72.1 Å². The molecule has 2 aromatic rings. The number of likely N-dealkylation sites (tertiary alicyclic amines) is 1. The van der Waals surface area contributed by atoms with Gasteiger partial charge in [0.05, 0.1) is 11.7 Å². The summed E-state index contributed by atoms with van der Waals surface area (Å²) >= 11 is 0. The van der Waals surface area contributed by atoms with E-state index in [1.54, 1.807) is 6.20 Å². The van der Waals surface area contributed by atoms with Crippen LogP contribution in [0.4, 0.5) is 0 Å². The smallest absolute Gasteiger partial charge is 0.227 e. The number of pyridine rings is 1. The Morgan fingerprint density at radius 2 is 2.30 bits per heavy atom. The maximum absolute atomic E-state index is 12.6. The maximum atomic E-state index is 12.6. The van der Waals surface area contributed by atoms with Crippen LogP contribution >= 0.6 is 0 Å². The molecule has 3 rings (SSSR count). The lowest BCUT2D eigenvalue weighted by Gasteiger charge is -2.24. The summed E-state index contributed by atoms with van der Waals surface area (Å²) in [6.45, 7) is 4.82. The van der Waals surface area contributed by atoms with Crippen molar-refractivity contribution in [2.24, 2.45) is 0 Å². The number of aromatic nitrogens is 3. The van der Waals surface area contributed by atoms with Crippen LogP contribution in [0, 0.1) is 0 Å². The summed E-state index contributed by atoms with van der Waals surface area (Å²) in [6, 6.07) is 5.95. The van der Waals surface area contributed by atoms with Gasteiger partial charge in [-0.3, -0.25) is 9.78 Å². The van der Waals surface area contributed by atoms with Gasteiger partial charge in [-0.25, -0.2) is 0 Å². The zero-order chi connectivity index (χ0) is 16.2. The van der Waals surface area contributed by atoms with Gasteiger partial charge in [-0.1, -0.05) is 25.1 Å². The van der Waals surface area contributed by atoms with Crippen LogP contribution in [0.5, 0.6) is 0 Å². The summed E-state index contributed by atoms with van der Waals surface area (Å²) in [7, 11) is 0. The summed E-state index contributed by atoms with van der Waals surface area (Å²) < 4.78 is 5.21. The van der Waals surface area contributed by atoms with Crippen LogP contribution in [-0.2, 0) is 11.2 Å². The first kappa shape index (κ1) is 15.6. The molecule has 0 saturated carbocycles. The van der Waals surface area contributed by atoms with Crippen molar-refractivity contribution in [3.63, 3.8) is 0 Å². The number of aryl methyl sites for hydroxylation is 1. The van der Waals surface area contributed by atoms with E-state index in [1.165, 1.54) is 0 Å². The number of rotatable bonds is 5. The van der Waals surface area contributed by atoms with Crippen LogP contribution in [-0.4, -0.2) is 32.5 Å². The second kappa shape index (κ2) is 6.89. The highest BCUT2D eigenvalue weighted by Gasteiger charge is 2.30. The molecule has 23 heavy (non-hydrogen) atoms. The average molecular weight is 314 g/mol. The van der Waals surface area contributed by atoms with Crippen LogP contribution in [0.2, 0.25) is 0 Å². The van der Waals surface area contributed by atoms with Crippen molar-refractivity contribution in [3.8, 4) is 0 Å². The Balaban J connectivity index is 1.61. The molecule has 6 nitrogen and oxygen atoms in total. The lowest BCUT2D eigenvalue weighted by molar-refractivity contribution is -0.132. The fraction of sp³-hybridized carbons (Fsp3) is 0.529. The lowest BCUT2D eigenvalue weighted by atomic mass is 10.1. The van der Waals surface area contributed by atoms with Crippen molar-refractivity contribution < 1.29 is 9.32 Å². The van der Waals surface area contributed by atoms with Crippen molar-refractivity contribution in [1.82, 2.24) is 20.0 Å². The predicted molar refractivity (Wildman–Crippen MR) is 84.6 cm³/mol. The lowest BCUT2D eigenvalue weighted by Crippen LogP contribution is -2.31. The fourth-order valence-electron chi connectivity index (χ4n) is 2.91. The Morgan fingerprint density at radius 3 is 3.00 bits per heavy atom. The molecule has 122 valence electrons. The van der Waals surface area contributed by atoms with Crippen LogP contribution in [0.15, 0.2) is 28.9 Å². The van der Waals surface area contributed by atoms with Gasteiger partial charge < -0.3 is 9.42 Å². The first-order valence-electron chi connectivity index (χ1n) is 8.18. The normalized spacial score (nSPS) is 17.9. The third-order valence-electron chi connectivity index (χ3n) is 4.16. The van der Waals surface area contributed by atoms with Crippen LogP contribution in [0.25, 0.3) is 0 Å². The van der Waals surface area contributed by atoms with E-state index in [9.17, 15) is 4.79 Å². The van der Waals surface area contributed by atoms with Gasteiger partial charge in [-0.2, -0.15) is 4.98 Å². The minimum atomic E-state index is 0.0950. The second-order valence-electron chi connectivity index (χ2n) is 6.20. The van der Waals surface area contributed by atoms with E-state index in [0.29, 0.717) is 24.6 Å². The number of carbonyl (C=O) groups excluding carboxylic acids is 1. The molecule has 0 aliphatic carbocycles. The van der Waals surface area contributed by atoms with E-state index >= 15 is 0 Å². The Morgan fingerprint density at radius 1 is 1.43 bits per heavy atom. The highest BCUT2D eigenvalue weighted by Crippen LogP contribution is 2.31. The number of amides is 1. The molecule has 0 N–H and O–H groups in total. The largest absolute Gasteiger partial charge is 0.339 e. The van der Waals surface area contributed by atoms with E-state index in [-0.39, 0.29) is 17.9 Å². The van der Waals surface area contributed by atoms with Crippen molar-refractivity contribution in [3.05, 3.63) is 41.8 Å². The number of carbonyl (C=O) groups is 1. The average Bonchev–Trinajstić information content (AvgIpc) is 3.23. The molecule has 1 aliphatic rings. The van der Waals surface area contributed by atoms with Gasteiger partial charge in [-0.15, -0.1) is 0 Å². The summed E-state index contributed by atoms with van der Waals surface area (Å²) in [5, 5.41) is 3.93. The molecule has 1 fully saturated rings. The van der Waals surface area contributed by atoms with Crippen molar-refractivity contribution in [2.45, 2.75) is 51.5 Å². The van der Waals surface area contributed by atoms with Gasteiger partial charge in [0.2, 0.25) is 11.8 Å². The van der Waals surface area contributed by atoms with Crippen molar-refractivity contribution in [1.29, 1.82) is 0 Å². The van der Waals surface area contributed by atoms with E-state index in [1.807, 2.05) is 36.9 Å². The molecule has 0 unspecified atom stereocenters. The molecule has 1 aliphatic heterocycles. The van der Waals surface area contributed by atoms with E-state index in [4.69, 9.17) is 4.52 Å². The van der Waals surface area contributed by atoms with Gasteiger partial charge in [0.1, 0.15) is 0 Å².